The Kier molecular flexibility index (Phi) is 16.9. The Labute approximate surface area is 270 Å². The zero-order valence-electron chi connectivity index (χ0n) is 25.9. The monoisotopic (exact) mass is 870 g/mol. The molecule has 39 heavy (non-hydrogen) atoms. The van der Waals surface area contributed by atoms with Crippen LogP contribution in [0, 0.1) is 11.8 Å². The molecule has 5 aliphatic rings. The smallest absolute Gasteiger partial charge is 0.00482 e. The fourth-order valence-electron chi connectivity index (χ4n) is 7.30. The molecule has 4 unspecified atom stereocenters. The molecule has 0 N–H and O–H groups in total. The SMILES string of the molecule is CC.CC.CC(C)N1C2CCC1C[C-](c1ccccc1)C2.CC(C)N1C2C[C-](c3ccccc3)CC1C2.[W].[W]. The van der Waals surface area contributed by atoms with Crippen molar-refractivity contribution in [2.75, 3.05) is 0 Å². The van der Waals surface area contributed by atoms with Crippen molar-refractivity contribution in [3.05, 3.63) is 83.6 Å². The second-order valence-electron chi connectivity index (χ2n) is 11.3. The summed E-state index contributed by atoms with van der Waals surface area (Å²) in [6.07, 6.45) is 9.39. The first-order valence-electron chi connectivity index (χ1n) is 15.4. The van der Waals surface area contributed by atoms with E-state index in [9.17, 15) is 0 Å². The molecule has 4 aliphatic heterocycles. The minimum absolute atomic E-state index is 0. The fourth-order valence-corrected chi connectivity index (χ4v) is 7.30. The van der Waals surface area contributed by atoms with Crippen LogP contribution in [0.3, 0.4) is 0 Å². The molecular formula is C35H54N2W2-2. The number of piperidine rings is 2. The molecule has 2 nitrogen and oxygen atoms in total. The van der Waals surface area contributed by atoms with Gasteiger partial charge in [0.25, 0.3) is 0 Å². The molecule has 1 aliphatic carbocycles. The second kappa shape index (κ2) is 18.1. The van der Waals surface area contributed by atoms with E-state index in [-0.39, 0.29) is 42.1 Å². The number of hydrogen-bond donors (Lipinski definition) is 0. The molecule has 0 radical (unpaired) electrons. The number of nitrogens with zero attached hydrogens (tertiary/aromatic N) is 2. The molecule has 4 atom stereocenters. The van der Waals surface area contributed by atoms with Crippen LogP contribution in [0.25, 0.3) is 0 Å². The third kappa shape index (κ3) is 8.98. The summed E-state index contributed by atoms with van der Waals surface area (Å²) >= 11 is 0. The maximum absolute atomic E-state index is 2.76. The molecule has 4 saturated heterocycles. The van der Waals surface area contributed by atoms with Gasteiger partial charge in [0.1, 0.15) is 0 Å². The Balaban J connectivity index is 0.000000332. The van der Waals surface area contributed by atoms with Gasteiger partial charge in [-0.25, -0.2) is 0 Å². The predicted molar refractivity (Wildman–Crippen MR) is 162 cm³/mol. The molecule has 4 bridgehead atoms. The normalized spacial score (nSPS) is 25.0. The van der Waals surface area contributed by atoms with Crippen molar-refractivity contribution < 1.29 is 42.1 Å². The van der Waals surface area contributed by atoms with Crippen molar-refractivity contribution in [2.45, 2.75) is 137 Å². The Hall–Kier alpha value is -0.523. The van der Waals surface area contributed by atoms with Crippen molar-refractivity contribution in [1.29, 1.82) is 0 Å². The van der Waals surface area contributed by atoms with E-state index in [0.717, 1.165) is 30.2 Å². The van der Waals surface area contributed by atoms with Crippen LogP contribution in [0.4, 0.5) is 0 Å². The summed E-state index contributed by atoms with van der Waals surface area (Å²) in [4.78, 5) is 5.46. The first kappa shape index (κ1) is 36.5. The minimum Gasteiger partial charge on any atom is -0.296 e. The zero-order chi connectivity index (χ0) is 26.9. The number of benzene rings is 2. The van der Waals surface area contributed by atoms with E-state index in [0.29, 0.717) is 6.04 Å². The molecule has 7 rings (SSSR count). The molecule has 218 valence electrons. The van der Waals surface area contributed by atoms with Gasteiger partial charge in [0.15, 0.2) is 0 Å². The molecule has 2 aromatic rings. The third-order valence-electron chi connectivity index (χ3n) is 8.55. The summed E-state index contributed by atoms with van der Waals surface area (Å²) in [5.74, 6) is 3.37. The van der Waals surface area contributed by atoms with E-state index in [2.05, 4.69) is 98.2 Å². The van der Waals surface area contributed by atoms with Crippen molar-refractivity contribution in [2.24, 2.45) is 0 Å². The van der Waals surface area contributed by atoms with E-state index in [4.69, 9.17) is 0 Å². The van der Waals surface area contributed by atoms with Crippen LogP contribution >= 0.6 is 0 Å². The molecule has 0 aromatic heterocycles. The largest absolute Gasteiger partial charge is 0.296 e. The molecule has 2 aromatic carbocycles. The maximum atomic E-state index is 2.76. The molecule has 1 saturated carbocycles. The van der Waals surface area contributed by atoms with Gasteiger partial charge in [-0.05, 0) is 47.0 Å². The van der Waals surface area contributed by atoms with Gasteiger partial charge in [-0.3, -0.25) is 9.80 Å². The third-order valence-corrected chi connectivity index (χ3v) is 8.55. The molecule has 4 heterocycles. The number of fused-ring (bicyclic) bond motifs is 4. The first-order valence-corrected chi connectivity index (χ1v) is 15.4. The van der Waals surface area contributed by atoms with Gasteiger partial charge >= 0.3 is 0 Å². The Bertz CT molecular complexity index is 862. The Morgan fingerprint density at radius 1 is 0.538 bits per heavy atom. The van der Waals surface area contributed by atoms with Gasteiger partial charge in [-0.15, -0.1) is 24.3 Å². The van der Waals surface area contributed by atoms with Crippen LogP contribution in [0.15, 0.2) is 60.7 Å². The molecule has 0 amide bonds. The van der Waals surface area contributed by atoms with Crippen molar-refractivity contribution >= 4 is 0 Å². The van der Waals surface area contributed by atoms with Crippen LogP contribution in [0.1, 0.15) is 111 Å². The van der Waals surface area contributed by atoms with Crippen molar-refractivity contribution in [1.82, 2.24) is 9.80 Å². The Morgan fingerprint density at radius 3 is 1.18 bits per heavy atom. The van der Waals surface area contributed by atoms with E-state index < -0.39 is 0 Å². The van der Waals surface area contributed by atoms with Crippen LogP contribution in [0.2, 0.25) is 0 Å². The Morgan fingerprint density at radius 2 is 0.846 bits per heavy atom. The topological polar surface area (TPSA) is 6.48 Å². The second-order valence-corrected chi connectivity index (χ2v) is 11.3. The van der Waals surface area contributed by atoms with E-state index >= 15 is 0 Å². The first-order chi connectivity index (χ1) is 18.0. The van der Waals surface area contributed by atoms with Crippen LogP contribution in [-0.4, -0.2) is 46.1 Å². The standard InChI is InChI=1S/C16H22N.C15H20N.2C2H6.2W/c1-12(2)17-15-8-9-16(17)11-14(10-15)13-6-4-3-5-7-13;1-11(2)16-14-8-13(9-15(16)10-14)12-6-4-3-5-7-12;2*1-2;;/h3-7,12,15-16H,8-11H2,1-2H3;3-7,11,14-15H,8-10H2,1-2H3;2*1-2H3;;/q2*-1;;;;. The van der Waals surface area contributed by atoms with Gasteiger partial charge in [-0.2, -0.15) is 47.2 Å². The summed E-state index contributed by atoms with van der Waals surface area (Å²) in [6.45, 7) is 17.3. The average molecular weight is 871 g/mol. The molecule has 0 spiro atoms. The average Bonchev–Trinajstić information content (AvgIpc) is 3.22. The maximum Gasteiger partial charge on any atom is 0.00482 e. The van der Waals surface area contributed by atoms with Crippen LogP contribution < -0.4 is 0 Å². The summed E-state index contributed by atoms with van der Waals surface area (Å²) < 4.78 is 0. The number of rotatable bonds is 4. The van der Waals surface area contributed by atoms with Gasteiger partial charge < -0.3 is 0 Å². The van der Waals surface area contributed by atoms with Crippen molar-refractivity contribution in [3.63, 3.8) is 0 Å². The summed E-state index contributed by atoms with van der Waals surface area (Å²) in [6, 6.07) is 26.7. The quantitative estimate of drug-likeness (QED) is 0.284. The zero-order valence-corrected chi connectivity index (χ0v) is 31.8. The van der Waals surface area contributed by atoms with Crippen molar-refractivity contribution in [3.8, 4) is 0 Å². The molecular weight excluding hydrogens is 816 g/mol. The minimum atomic E-state index is 0. The summed E-state index contributed by atoms with van der Waals surface area (Å²) in [5.41, 5.74) is 2.95. The van der Waals surface area contributed by atoms with Gasteiger partial charge in [0, 0.05) is 78.4 Å². The van der Waals surface area contributed by atoms with Gasteiger partial charge in [-0.1, -0.05) is 65.5 Å². The molecule has 4 heteroatoms. The summed E-state index contributed by atoms with van der Waals surface area (Å²) in [5, 5.41) is 0. The molecule has 5 fully saturated rings. The number of hydrogen-bond acceptors (Lipinski definition) is 2. The van der Waals surface area contributed by atoms with Gasteiger partial charge in [0.05, 0.1) is 0 Å². The van der Waals surface area contributed by atoms with Crippen LogP contribution in [0.5, 0.6) is 0 Å². The summed E-state index contributed by atoms with van der Waals surface area (Å²) in [7, 11) is 0. The predicted octanol–water partition coefficient (Wildman–Crippen LogP) is 8.95. The fraction of sp³-hybridized carbons (Fsp3) is 0.600. The van der Waals surface area contributed by atoms with Crippen LogP contribution in [-0.2, 0) is 42.1 Å². The van der Waals surface area contributed by atoms with Gasteiger partial charge in [0.2, 0.25) is 0 Å². The van der Waals surface area contributed by atoms with E-state index in [1.165, 1.54) is 56.1 Å². The van der Waals surface area contributed by atoms with E-state index in [1.807, 2.05) is 27.7 Å². The van der Waals surface area contributed by atoms with E-state index in [1.54, 1.807) is 11.8 Å².